The number of pyridine rings is 8. The molecule has 24 rings (SSSR count). The summed E-state index contributed by atoms with van der Waals surface area (Å²) in [5.41, 5.74) is 24.8. The molecule has 12 aromatic heterocycles. The van der Waals surface area contributed by atoms with Crippen LogP contribution in [-0.2, 0) is 84.3 Å². The van der Waals surface area contributed by atoms with E-state index in [-0.39, 0.29) is 84.3 Å². The number of aryl methyl sites for hydroxylation is 4. The molecule has 20 heteroatoms. The molecule has 0 amide bonds. The van der Waals surface area contributed by atoms with Gasteiger partial charge in [-0.2, -0.15) is 121 Å². The first-order chi connectivity index (χ1) is 66.8. The van der Waals surface area contributed by atoms with Crippen molar-refractivity contribution in [3.63, 3.8) is 0 Å². The number of fused-ring (bicyclic) bond motifs is 12. The molecule has 0 spiro atoms. The van der Waals surface area contributed by atoms with Crippen LogP contribution in [-0.4, -0.2) is 86.3 Å². The van der Waals surface area contributed by atoms with Gasteiger partial charge in [0.15, 0.2) is 0 Å². The molecule has 0 radical (unpaired) electrons. The largest absolute Gasteiger partial charge is 2.00 e. The molecule has 0 fully saturated rings. The first kappa shape index (κ1) is 96.7. The van der Waals surface area contributed by atoms with Crippen molar-refractivity contribution >= 4 is 133 Å². The number of para-hydroxylation sites is 4. The molecule has 12 aromatic carbocycles. The number of hydrogen-bond donors (Lipinski definition) is 0. The Bertz CT molecular complexity index is 8280. The van der Waals surface area contributed by atoms with E-state index in [0.717, 1.165) is 191 Å². The van der Waals surface area contributed by atoms with Gasteiger partial charge in [0.05, 0.1) is 0 Å². The maximum atomic E-state index is 4.72. The molecular formula is C120H88N16Pt4. The number of aromatic nitrogens is 12. The van der Waals surface area contributed by atoms with E-state index in [9.17, 15) is 0 Å². The van der Waals surface area contributed by atoms with Crippen LogP contribution in [0.3, 0.4) is 0 Å². The van der Waals surface area contributed by atoms with Crippen LogP contribution in [0.4, 0.5) is 46.0 Å². The molecule has 24 aromatic rings. The second-order valence-electron chi connectivity index (χ2n) is 33.5. The summed E-state index contributed by atoms with van der Waals surface area (Å²) in [6, 6.07) is 145. The van der Waals surface area contributed by atoms with Gasteiger partial charge in [0.2, 0.25) is 0 Å². The molecule has 0 bridgehead atoms. The summed E-state index contributed by atoms with van der Waals surface area (Å²) in [6.07, 6.45) is 14.7. The van der Waals surface area contributed by atoms with Crippen LogP contribution in [0.2, 0.25) is 0 Å². The van der Waals surface area contributed by atoms with Crippen molar-refractivity contribution in [2.24, 2.45) is 0 Å². The summed E-state index contributed by atoms with van der Waals surface area (Å²) in [5, 5.41) is 9.39. The third-order valence-electron chi connectivity index (χ3n) is 24.6. The van der Waals surface area contributed by atoms with Crippen molar-refractivity contribution in [3.05, 3.63) is 460 Å². The quantitative estimate of drug-likeness (QED) is 0.0852. The van der Waals surface area contributed by atoms with E-state index in [1.165, 1.54) is 32.7 Å². The zero-order valence-corrected chi connectivity index (χ0v) is 86.5. The van der Waals surface area contributed by atoms with Gasteiger partial charge in [-0.3, -0.25) is 0 Å². The van der Waals surface area contributed by atoms with Crippen molar-refractivity contribution < 1.29 is 84.3 Å². The third-order valence-corrected chi connectivity index (χ3v) is 24.6. The van der Waals surface area contributed by atoms with Gasteiger partial charge in [-0.1, -0.05) is 153 Å². The Morgan fingerprint density at radius 2 is 0.500 bits per heavy atom. The van der Waals surface area contributed by atoms with Gasteiger partial charge in [0, 0.05) is 99.8 Å². The van der Waals surface area contributed by atoms with E-state index in [1.54, 1.807) is 24.8 Å². The zero-order valence-electron chi connectivity index (χ0n) is 77.4. The standard InChI is InChI=1S/4C30H22N4.4Pt/c1-21-9-8-18-32-30(21)34-27-13-4-3-12-25(27)26-16-15-23(20-28(26)34)22-10-7-11-24(19-22)33(2)29-14-5-6-17-31-29;1-21-13-16-30(32-20-21)34-27-11-4-3-10-25(27)26-15-14-23(19-28(26)34)22-8-7-9-24(18-22)33(2)29-12-5-6-17-31-29;2*1-21-15-17-32-30(18-21)34-27-11-4-3-10-25(27)26-14-13-23(20-28(26)34)22-8-7-9-24(19-22)33(2)29-12-5-6-16-31-29;;;;/h3-18H,1-2H3;3-17,20H,1-2H3;2*3-18H,1-2H3;;;;/q4*-2;4*+2. The van der Waals surface area contributed by atoms with Crippen LogP contribution in [0.1, 0.15) is 22.3 Å². The van der Waals surface area contributed by atoms with Crippen LogP contribution in [0.15, 0.2) is 389 Å². The van der Waals surface area contributed by atoms with E-state index in [0.29, 0.717) is 0 Å². The molecule has 0 saturated heterocycles. The molecular weight excluding hydrogens is 2450 g/mol. The molecule has 0 unspecified atom stereocenters. The van der Waals surface area contributed by atoms with E-state index in [4.69, 9.17) is 9.97 Å². The van der Waals surface area contributed by atoms with Gasteiger partial charge >= 0.3 is 84.3 Å². The number of nitrogens with zero attached hydrogens (tertiary/aromatic N) is 16. The monoisotopic (exact) mass is 2530 g/mol. The van der Waals surface area contributed by atoms with Crippen LogP contribution < -0.4 is 19.6 Å². The molecule has 688 valence electrons. The predicted octanol–water partition coefficient (Wildman–Crippen LogP) is 27.7. The molecule has 12 heterocycles. The Morgan fingerprint density at radius 1 is 0.207 bits per heavy atom. The Hall–Kier alpha value is -15.0. The van der Waals surface area contributed by atoms with Crippen LogP contribution in [0, 0.1) is 76.2 Å². The smallest absolute Gasteiger partial charge is 0.348 e. The van der Waals surface area contributed by atoms with Gasteiger partial charge in [-0.05, 0) is 203 Å². The summed E-state index contributed by atoms with van der Waals surface area (Å²) in [5.74, 6) is 7.11. The summed E-state index contributed by atoms with van der Waals surface area (Å²) >= 11 is 0. The summed E-state index contributed by atoms with van der Waals surface area (Å²) < 4.78 is 8.81. The first-order valence-electron chi connectivity index (χ1n) is 45.0. The summed E-state index contributed by atoms with van der Waals surface area (Å²) in [7, 11) is 8.02. The third kappa shape index (κ3) is 19.5. The normalized spacial score (nSPS) is 10.9. The molecule has 0 aliphatic heterocycles. The van der Waals surface area contributed by atoms with Crippen LogP contribution in [0.5, 0.6) is 0 Å². The van der Waals surface area contributed by atoms with Crippen molar-refractivity contribution in [1.82, 2.24) is 58.1 Å². The maximum absolute atomic E-state index is 4.72. The van der Waals surface area contributed by atoms with Crippen LogP contribution >= 0.6 is 0 Å². The van der Waals surface area contributed by atoms with Gasteiger partial charge in [-0.15, -0.1) is 48.5 Å². The van der Waals surface area contributed by atoms with Crippen molar-refractivity contribution in [1.29, 1.82) is 0 Å². The number of benzene rings is 12. The molecule has 0 saturated carbocycles. The Kier molecular flexibility index (Phi) is 29.7. The van der Waals surface area contributed by atoms with Crippen molar-refractivity contribution in [2.75, 3.05) is 47.8 Å². The number of anilines is 8. The summed E-state index contributed by atoms with van der Waals surface area (Å²) in [4.78, 5) is 44.8. The number of hydrogen-bond acceptors (Lipinski definition) is 12. The molecule has 0 aliphatic carbocycles. The Balaban J connectivity index is 0.000000128. The van der Waals surface area contributed by atoms with Gasteiger partial charge in [0.25, 0.3) is 0 Å². The molecule has 16 nitrogen and oxygen atoms in total. The topological polar surface area (TPSA) is 136 Å². The second-order valence-corrected chi connectivity index (χ2v) is 33.5. The molecule has 140 heavy (non-hydrogen) atoms. The summed E-state index contributed by atoms with van der Waals surface area (Å²) in [6.45, 7) is 8.33. The molecule has 0 atom stereocenters. The van der Waals surface area contributed by atoms with E-state index in [1.807, 2.05) is 188 Å². The van der Waals surface area contributed by atoms with Crippen LogP contribution in [0.25, 0.3) is 155 Å². The van der Waals surface area contributed by atoms with E-state index in [2.05, 4.69) is 349 Å². The fourth-order valence-corrected chi connectivity index (χ4v) is 17.7. The van der Waals surface area contributed by atoms with Gasteiger partial charge < -0.3 is 37.9 Å². The Labute approximate surface area is 871 Å². The Morgan fingerprint density at radius 3 is 0.800 bits per heavy atom. The van der Waals surface area contributed by atoms with E-state index < -0.39 is 0 Å². The van der Waals surface area contributed by atoms with Gasteiger partial charge in [0.1, 0.15) is 46.5 Å². The maximum Gasteiger partial charge on any atom is 2.00 e. The van der Waals surface area contributed by atoms with E-state index >= 15 is 0 Å². The molecule has 0 aliphatic rings. The van der Waals surface area contributed by atoms with Gasteiger partial charge in [-0.25, -0.2) is 84.4 Å². The minimum atomic E-state index is 0. The number of rotatable bonds is 16. The average Bonchev–Trinajstić information content (AvgIpc) is 1.59. The predicted molar refractivity (Wildman–Crippen MR) is 555 cm³/mol. The zero-order chi connectivity index (χ0) is 92.3. The fraction of sp³-hybridized carbons (Fsp3) is 0.0667. The average molecular weight is 2530 g/mol. The molecule has 0 N–H and O–H groups in total. The van der Waals surface area contributed by atoms with Crippen molar-refractivity contribution in [3.8, 4) is 67.8 Å². The minimum absolute atomic E-state index is 0. The first-order valence-corrected chi connectivity index (χ1v) is 45.0. The fourth-order valence-electron chi connectivity index (χ4n) is 17.7. The SMILES string of the molecule is Cc1ccc(-n2c3[c-]c(-c4[c-]c(N(C)c5ccccn5)ccc4)ccc3c3ccccc32)nc1.Cc1cccnc1-n1c2[c-]c(-c3[c-]c(N(C)c4ccccn4)ccc3)ccc2c2ccccc21.Cc1ccnc(-n2c3[c-]c(-c4[c-]c(N(C)c5ccccn5)ccc4)ccc3c3ccccc32)c1.Cc1ccnc(-n2c3[c-]c(-c4[c-]c(N(C)c5ccccn5)ccc4)ccc3c3ccccc32)c1.[Pt+2].[Pt+2].[Pt+2].[Pt+2]. The second kappa shape index (κ2) is 42.9. The van der Waals surface area contributed by atoms with Crippen molar-refractivity contribution in [2.45, 2.75) is 27.7 Å². The minimum Gasteiger partial charge on any atom is -0.348 e.